The number of allylic oxidation sites excluding steroid dienone is 2. The fourth-order valence-electron chi connectivity index (χ4n) is 3.52. The Balaban J connectivity index is 2.06. The van der Waals surface area contributed by atoms with E-state index in [1.54, 1.807) is 0 Å². The molecule has 28 heavy (non-hydrogen) atoms. The average Bonchev–Trinajstić information content (AvgIpc) is 2.95. The average molecular weight is 377 g/mol. The quantitative estimate of drug-likeness (QED) is 0.699. The number of hydrogen-bond donors (Lipinski definition) is 2. The van der Waals surface area contributed by atoms with Crippen molar-refractivity contribution >= 4 is 17.9 Å². The second kappa shape index (κ2) is 9.33. The molecule has 0 saturated carbocycles. The van der Waals surface area contributed by atoms with Gasteiger partial charge in [0.2, 0.25) is 0 Å². The van der Waals surface area contributed by atoms with E-state index >= 15 is 0 Å². The van der Waals surface area contributed by atoms with Crippen molar-refractivity contribution in [2.45, 2.75) is 39.0 Å². The van der Waals surface area contributed by atoms with Crippen LogP contribution in [0.25, 0.3) is 0 Å². The van der Waals surface area contributed by atoms with Crippen LogP contribution in [0.15, 0.2) is 59.2 Å². The number of aryl methyl sites for hydroxylation is 1. The zero-order valence-corrected chi connectivity index (χ0v) is 16.7. The summed E-state index contributed by atoms with van der Waals surface area (Å²) in [6, 6.07) is 13.9. The molecule has 5 nitrogen and oxygen atoms in total. The lowest BCUT2D eigenvalue weighted by Gasteiger charge is -2.22. The van der Waals surface area contributed by atoms with Crippen LogP contribution in [0.3, 0.4) is 0 Å². The predicted octanol–water partition coefficient (Wildman–Crippen LogP) is 5.26. The summed E-state index contributed by atoms with van der Waals surface area (Å²) in [6.07, 6.45) is 7.40. The molecule has 1 aliphatic heterocycles. The molecule has 2 aromatic carbocycles. The fourth-order valence-corrected chi connectivity index (χ4v) is 3.52. The van der Waals surface area contributed by atoms with Gasteiger partial charge in [0.15, 0.2) is 0 Å². The third-order valence-electron chi connectivity index (χ3n) is 5.06. The van der Waals surface area contributed by atoms with E-state index in [-0.39, 0.29) is 5.92 Å². The molecule has 1 unspecified atom stereocenters. The number of hydrogen-bond acceptors (Lipinski definition) is 3. The number of carbonyl (C=O) groups excluding carboxylic acids is 1. The molecule has 0 aromatic heterocycles. The highest BCUT2D eigenvalue weighted by Crippen LogP contribution is 2.37. The molecule has 1 heterocycles. The van der Waals surface area contributed by atoms with Gasteiger partial charge < -0.3 is 5.32 Å². The van der Waals surface area contributed by atoms with E-state index in [0.29, 0.717) is 5.69 Å². The highest BCUT2D eigenvalue weighted by molar-refractivity contribution is 5.88. The number of urea groups is 1. The van der Waals surface area contributed by atoms with Crippen molar-refractivity contribution in [2.24, 2.45) is 4.99 Å². The summed E-state index contributed by atoms with van der Waals surface area (Å²) in [5.41, 5.74) is 8.90. The molecule has 1 aliphatic rings. The molecule has 0 spiro atoms. The van der Waals surface area contributed by atoms with Gasteiger partial charge in [0.05, 0.1) is 13.0 Å². The summed E-state index contributed by atoms with van der Waals surface area (Å²) in [6.45, 7) is 4.29. The van der Waals surface area contributed by atoms with Crippen molar-refractivity contribution < 1.29 is 9.63 Å². The van der Waals surface area contributed by atoms with E-state index in [9.17, 15) is 4.79 Å². The third-order valence-corrected chi connectivity index (χ3v) is 5.06. The maximum absolute atomic E-state index is 11.8. The van der Waals surface area contributed by atoms with Gasteiger partial charge in [-0.15, -0.1) is 0 Å². The predicted molar refractivity (Wildman–Crippen MR) is 114 cm³/mol. The van der Waals surface area contributed by atoms with Gasteiger partial charge in [-0.05, 0) is 67.5 Å². The van der Waals surface area contributed by atoms with Crippen LogP contribution in [0, 0.1) is 13.8 Å². The van der Waals surface area contributed by atoms with E-state index in [1.807, 2.05) is 24.4 Å². The SMILES string of the molecule is CONC(=O)Nc1cccc(C(C2=CCCCC=N2)c2cccc(C)c2C)c1. The molecule has 0 bridgehead atoms. The number of rotatable bonds is 5. The summed E-state index contributed by atoms with van der Waals surface area (Å²) in [5.74, 6) is 0.0153. The van der Waals surface area contributed by atoms with Crippen LogP contribution in [-0.2, 0) is 4.84 Å². The van der Waals surface area contributed by atoms with E-state index in [2.05, 4.69) is 59.8 Å². The van der Waals surface area contributed by atoms with Crippen LogP contribution in [-0.4, -0.2) is 19.4 Å². The number of aliphatic imine (C=N–C) groups is 1. The summed E-state index contributed by atoms with van der Waals surface area (Å²) in [4.78, 5) is 21.3. The number of anilines is 1. The smallest absolute Gasteiger partial charge is 0.306 e. The number of benzene rings is 2. The van der Waals surface area contributed by atoms with Crippen molar-refractivity contribution in [2.75, 3.05) is 12.4 Å². The Morgan fingerprint density at radius 1 is 1.14 bits per heavy atom. The van der Waals surface area contributed by atoms with Gasteiger partial charge in [0.1, 0.15) is 0 Å². The lowest BCUT2D eigenvalue weighted by molar-refractivity contribution is 0.114. The highest BCUT2D eigenvalue weighted by Gasteiger charge is 2.22. The zero-order chi connectivity index (χ0) is 19.9. The van der Waals surface area contributed by atoms with Crippen LogP contribution in [0.1, 0.15) is 47.4 Å². The Morgan fingerprint density at radius 3 is 2.79 bits per heavy atom. The maximum atomic E-state index is 11.8. The maximum Gasteiger partial charge on any atom is 0.343 e. The fraction of sp³-hybridized carbons (Fsp3) is 0.304. The molecule has 5 heteroatoms. The van der Waals surface area contributed by atoms with Crippen LogP contribution in [0.2, 0.25) is 0 Å². The molecule has 0 fully saturated rings. The van der Waals surface area contributed by atoms with Gasteiger partial charge in [-0.25, -0.2) is 10.3 Å². The van der Waals surface area contributed by atoms with Crippen LogP contribution in [0.4, 0.5) is 10.5 Å². The normalized spacial score (nSPS) is 14.8. The molecular formula is C23H27N3O2. The molecule has 0 saturated heterocycles. The number of carbonyl (C=O) groups is 1. The summed E-state index contributed by atoms with van der Waals surface area (Å²) in [5, 5.41) is 2.80. The molecule has 0 radical (unpaired) electrons. The van der Waals surface area contributed by atoms with Crippen molar-refractivity contribution in [1.82, 2.24) is 5.48 Å². The first-order valence-electron chi connectivity index (χ1n) is 9.58. The largest absolute Gasteiger partial charge is 0.343 e. The van der Waals surface area contributed by atoms with E-state index in [1.165, 1.54) is 23.8 Å². The lowest BCUT2D eigenvalue weighted by atomic mass is 9.84. The topological polar surface area (TPSA) is 62.7 Å². The van der Waals surface area contributed by atoms with Gasteiger partial charge in [0.25, 0.3) is 0 Å². The van der Waals surface area contributed by atoms with E-state index in [4.69, 9.17) is 4.99 Å². The third kappa shape index (κ3) is 4.67. The van der Waals surface area contributed by atoms with Crippen LogP contribution in [0.5, 0.6) is 0 Å². The molecular weight excluding hydrogens is 350 g/mol. The number of nitrogens with one attached hydrogen (secondary N) is 2. The summed E-state index contributed by atoms with van der Waals surface area (Å²) < 4.78 is 0. The first-order chi connectivity index (χ1) is 13.6. The Labute approximate surface area is 166 Å². The Hall–Kier alpha value is -2.92. The molecule has 146 valence electrons. The molecule has 2 amide bonds. The zero-order valence-electron chi connectivity index (χ0n) is 16.7. The van der Waals surface area contributed by atoms with Crippen molar-refractivity contribution in [1.29, 1.82) is 0 Å². The van der Waals surface area contributed by atoms with Gasteiger partial charge in [-0.2, -0.15) is 0 Å². The number of hydroxylamine groups is 1. The molecule has 2 aromatic rings. The van der Waals surface area contributed by atoms with Crippen LogP contribution >= 0.6 is 0 Å². The second-order valence-electron chi connectivity index (χ2n) is 6.98. The molecule has 3 rings (SSSR count). The minimum absolute atomic E-state index is 0.0153. The Bertz CT molecular complexity index is 902. The molecule has 2 N–H and O–H groups in total. The standard InChI is InChI=1S/C23H27N3O2/c1-16-9-7-12-20(17(16)2)22(21-13-5-4-6-14-24-21)18-10-8-11-19(15-18)25-23(27)26-28-3/h7-15,22H,4-6H2,1-3H3,(H2,25,26,27). The Morgan fingerprint density at radius 2 is 1.96 bits per heavy atom. The highest BCUT2D eigenvalue weighted by atomic mass is 16.6. The minimum Gasteiger partial charge on any atom is -0.306 e. The van der Waals surface area contributed by atoms with Crippen molar-refractivity contribution in [3.05, 3.63) is 76.5 Å². The molecule has 1 atom stereocenters. The van der Waals surface area contributed by atoms with E-state index in [0.717, 1.165) is 30.5 Å². The van der Waals surface area contributed by atoms with Crippen molar-refractivity contribution in [3.8, 4) is 0 Å². The number of nitrogens with zero attached hydrogens (tertiary/aromatic N) is 1. The Kier molecular flexibility index (Phi) is 6.61. The summed E-state index contributed by atoms with van der Waals surface area (Å²) in [7, 11) is 1.41. The van der Waals surface area contributed by atoms with E-state index < -0.39 is 6.03 Å². The van der Waals surface area contributed by atoms with Crippen LogP contribution < -0.4 is 10.8 Å². The monoisotopic (exact) mass is 377 g/mol. The first-order valence-corrected chi connectivity index (χ1v) is 9.58. The second-order valence-corrected chi connectivity index (χ2v) is 6.98. The minimum atomic E-state index is -0.408. The van der Waals surface area contributed by atoms with Crippen molar-refractivity contribution in [3.63, 3.8) is 0 Å². The molecule has 0 aliphatic carbocycles. The first kappa shape index (κ1) is 19.8. The van der Waals surface area contributed by atoms with Gasteiger partial charge in [0, 0.05) is 17.6 Å². The lowest BCUT2D eigenvalue weighted by Crippen LogP contribution is -2.27. The van der Waals surface area contributed by atoms with Gasteiger partial charge in [-0.3, -0.25) is 9.83 Å². The number of amides is 2. The van der Waals surface area contributed by atoms with Gasteiger partial charge in [-0.1, -0.05) is 36.4 Å². The van der Waals surface area contributed by atoms with Gasteiger partial charge >= 0.3 is 6.03 Å². The summed E-state index contributed by atoms with van der Waals surface area (Å²) >= 11 is 0.